The van der Waals surface area contributed by atoms with Crippen LogP contribution >= 0.6 is 0 Å². The number of ether oxygens (including phenoxy) is 1. The van der Waals surface area contributed by atoms with Gasteiger partial charge in [-0.1, -0.05) is 20.8 Å². The molecule has 0 bridgehead atoms. The van der Waals surface area contributed by atoms with Crippen LogP contribution in [0.3, 0.4) is 0 Å². The molecule has 1 aromatic rings. The van der Waals surface area contributed by atoms with Crippen LogP contribution in [0, 0.1) is 5.92 Å². The Morgan fingerprint density at radius 1 is 1.33 bits per heavy atom. The van der Waals surface area contributed by atoms with E-state index in [4.69, 9.17) is 4.74 Å². The van der Waals surface area contributed by atoms with Gasteiger partial charge in [-0.05, 0) is 36.9 Å². The van der Waals surface area contributed by atoms with Gasteiger partial charge in [0, 0.05) is 32.1 Å². The van der Waals surface area contributed by atoms with Gasteiger partial charge in [-0.25, -0.2) is 0 Å². The van der Waals surface area contributed by atoms with Crippen molar-refractivity contribution >= 4 is 0 Å². The highest BCUT2D eigenvalue weighted by molar-refractivity contribution is 5.09. The number of hydrogen-bond acceptors (Lipinski definition) is 2. The summed E-state index contributed by atoms with van der Waals surface area (Å²) in [5.41, 5.74) is 1.35. The fourth-order valence-electron chi connectivity index (χ4n) is 1.73. The minimum absolute atomic E-state index is 0.729. The Kier molecular flexibility index (Phi) is 7.78. The molecule has 0 aromatic carbocycles. The number of nitrogens with one attached hydrogen (secondary N) is 1. The van der Waals surface area contributed by atoms with E-state index in [9.17, 15) is 0 Å². The molecule has 104 valence electrons. The number of aromatic nitrogens is 1. The van der Waals surface area contributed by atoms with Gasteiger partial charge in [0.25, 0.3) is 0 Å². The summed E-state index contributed by atoms with van der Waals surface area (Å²) in [6.45, 7) is 11.3. The van der Waals surface area contributed by atoms with Gasteiger partial charge in [0.05, 0.1) is 6.61 Å². The molecule has 0 amide bonds. The summed E-state index contributed by atoms with van der Waals surface area (Å²) in [5, 5.41) is 3.41. The van der Waals surface area contributed by atoms with Crippen LogP contribution in [0.1, 0.15) is 39.2 Å². The lowest BCUT2D eigenvalue weighted by atomic mass is 10.1. The van der Waals surface area contributed by atoms with E-state index >= 15 is 0 Å². The molecule has 18 heavy (non-hydrogen) atoms. The smallest absolute Gasteiger partial charge is 0.0645 e. The average Bonchev–Trinajstić information content (AvgIpc) is 2.77. The molecule has 0 spiro atoms. The molecular formula is C15H28N2O. The lowest BCUT2D eigenvalue weighted by Gasteiger charge is -2.07. The Morgan fingerprint density at radius 3 is 2.89 bits per heavy atom. The fourth-order valence-corrected chi connectivity index (χ4v) is 1.73. The van der Waals surface area contributed by atoms with Crippen molar-refractivity contribution < 1.29 is 4.74 Å². The number of hydrogen-bond donors (Lipinski definition) is 1. The monoisotopic (exact) mass is 252 g/mol. The first kappa shape index (κ1) is 15.3. The van der Waals surface area contributed by atoms with Crippen molar-refractivity contribution in [3.05, 3.63) is 24.0 Å². The summed E-state index contributed by atoms with van der Waals surface area (Å²) >= 11 is 0. The predicted octanol–water partition coefficient (Wildman–Crippen LogP) is 3.05. The summed E-state index contributed by atoms with van der Waals surface area (Å²) in [5.74, 6) is 0.729. The summed E-state index contributed by atoms with van der Waals surface area (Å²) in [6.07, 6.45) is 6.67. The van der Waals surface area contributed by atoms with E-state index in [0.29, 0.717) is 0 Å². The van der Waals surface area contributed by atoms with E-state index in [0.717, 1.165) is 45.2 Å². The summed E-state index contributed by atoms with van der Waals surface area (Å²) < 4.78 is 7.83. The van der Waals surface area contributed by atoms with Crippen molar-refractivity contribution in [1.29, 1.82) is 0 Å². The van der Waals surface area contributed by atoms with Crippen molar-refractivity contribution in [2.75, 3.05) is 19.8 Å². The van der Waals surface area contributed by atoms with Crippen LogP contribution in [0.2, 0.25) is 0 Å². The summed E-state index contributed by atoms with van der Waals surface area (Å²) in [6, 6.07) is 2.18. The third kappa shape index (κ3) is 6.82. The van der Waals surface area contributed by atoms with E-state index < -0.39 is 0 Å². The Hall–Kier alpha value is -0.800. The summed E-state index contributed by atoms with van der Waals surface area (Å²) in [7, 11) is 0. The maximum atomic E-state index is 5.62. The second-order valence-corrected chi connectivity index (χ2v) is 5.23. The average molecular weight is 252 g/mol. The molecule has 0 saturated heterocycles. The van der Waals surface area contributed by atoms with Gasteiger partial charge in [0.1, 0.15) is 0 Å². The Morgan fingerprint density at radius 2 is 2.17 bits per heavy atom. The lowest BCUT2D eigenvalue weighted by molar-refractivity contribution is 0.116. The van der Waals surface area contributed by atoms with E-state index in [1.165, 1.54) is 12.0 Å². The Balaban J connectivity index is 2.11. The van der Waals surface area contributed by atoms with Crippen LogP contribution in [-0.4, -0.2) is 24.3 Å². The van der Waals surface area contributed by atoms with E-state index in [1.54, 1.807) is 0 Å². The van der Waals surface area contributed by atoms with E-state index in [1.807, 2.05) is 0 Å². The van der Waals surface area contributed by atoms with E-state index in [2.05, 4.69) is 49.1 Å². The molecule has 1 heterocycles. The Bertz CT molecular complexity index is 307. The molecule has 1 aromatic heterocycles. The van der Waals surface area contributed by atoms with Crippen molar-refractivity contribution in [3.8, 4) is 0 Å². The maximum absolute atomic E-state index is 5.62. The van der Waals surface area contributed by atoms with Crippen molar-refractivity contribution in [2.24, 2.45) is 5.92 Å². The predicted molar refractivity (Wildman–Crippen MR) is 76.7 cm³/mol. The van der Waals surface area contributed by atoms with Crippen molar-refractivity contribution in [3.63, 3.8) is 0 Å². The zero-order valence-electron chi connectivity index (χ0n) is 12.1. The molecule has 3 nitrogen and oxygen atoms in total. The summed E-state index contributed by atoms with van der Waals surface area (Å²) in [4.78, 5) is 0. The highest BCUT2D eigenvalue weighted by atomic mass is 16.5. The van der Waals surface area contributed by atoms with Crippen LogP contribution in [-0.2, 0) is 17.8 Å². The lowest BCUT2D eigenvalue weighted by Crippen LogP contribution is -2.13. The zero-order valence-corrected chi connectivity index (χ0v) is 12.1. The molecule has 0 aliphatic heterocycles. The first-order valence-corrected chi connectivity index (χ1v) is 7.15. The largest absolute Gasteiger partial charge is 0.380 e. The molecule has 0 aliphatic carbocycles. The molecule has 3 heteroatoms. The second-order valence-electron chi connectivity index (χ2n) is 5.23. The third-order valence-electron chi connectivity index (χ3n) is 2.90. The van der Waals surface area contributed by atoms with Gasteiger partial charge in [-0.3, -0.25) is 0 Å². The minimum Gasteiger partial charge on any atom is -0.380 e. The molecule has 1 N–H and O–H groups in total. The van der Waals surface area contributed by atoms with Gasteiger partial charge in [0.2, 0.25) is 0 Å². The highest BCUT2D eigenvalue weighted by Crippen LogP contribution is 2.02. The van der Waals surface area contributed by atoms with Crippen LogP contribution < -0.4 is 5.32 Å². The van der Waals surface area contributed by atoms with Crippen LogP contribution in [0.25, 0.3) is 0 Å². The van der Waals surface area contributed by atoms with Crippen LogP contribution in [0.5, 0.6) is 0 Å². The number of nitrogens with zero attached hydrogens (tertiary/aromatic N) is 1. The maximum Gasteiger partial charge on any atom is 0.0645 e. The molecule has 1 rings (SSSR count). The number of rotatable bonds is 10. The third-order valence-corrected chi connectivity index (χ3v) is 2.90. The van der Waals surface area contributed by atoms with Crippen LogP contribution in [0.15, 0.2) is 18.5 Å². The Labute approximate surface area is 112 Å². The van der Waals surface area contributed by atoms with Crippen LogP contribution in [0.4, 0.5) is 0 Å². The molecular weight excluding hydrogens is 224 g/mol. The minimum atomic E-state index is 0.729. The molecule has 0 unspecified atom stereocenters. The highest BCUT2D eigenvalue weighted by Gasteiger charge is 1.97. The quantitative estimate of drug-likeness (QED) is 0.648. The van der Waals surface area contributed by atoms with Gasteiger partial charge < -0.3 is 14.6 Å². The normalized spacial score (nSPS) is 11.3. The van der Waals surface area contributed by atoms with Crippen molar-refractivity contribution in [2.45, 2.75) is 46.7 Å². The van der Waals surface area contributed by atoms with Crippen molar-refractivity contribution in [1.82, 2.24) is 9.88 Å². The van der Waals surface area contributed by atoms with Gasteiger partial charge in [-0.2, -0.15) is 0 Å². The molecule has 0 atom stereocenters. The SMILES string of the molecule is CCCNCc1ccn(CCOCCC(C)C)c1. The second kappa shape index (κ2) is 9.17. The molecule has 0 fully saturated rings. The van der Waals surface area contributed by atoms with E-state index in [-0.39, 0.29) is 0 Å². The first-order valence-electron chi connectivity index (χ1n) is 7.15. The molecule has 0 saturated carbocycles. The standard InChI is InChI=1S/C15H28N2O/c1-4-7-16-12-15-5-8-17(13-15)9-11-18-10-6-14(2)3/h5,8,13-14,16H,4,6-7,9-12H2,1-3H3. The topological polar surface area (TPSA) is 26.2 Å². The zero-order chi connectivity index (χ0) is 13.2. The molecule has 0 radical (unpaired) electrons. The fraction of sp³-hybridized carbons (Fsp3) is 0.733. The van der Waals surface area contributed by atoms with Gasteiger partial charge in [0.15, 0.2) is 0 Å². The first-order chi connectivity index (χ1) is 8.72. The van der Waals surface area contributed by atoms with Gasteiger partial charge in [-0.15, -0.1) is 0 Å². The molecule has 0 aliphatic rings. The van der Waals surface area contributed by atoms with Gasteiger partial charge >= 0.3 is 0 Å².